The minimum atomic E-state index is 0.629. The van der Waals surface area contributed by atoms with Gasteiger partial charge in [-0.1, -0.05) is 127 Å². The molecule has 0 saturated carbocycles. The number of pyridine rings is 2. The maximum atomic E-state index is 5.06. The summed E-state index contributed by atoms with van der Waals surface area (Å²) in [5.41, 5.74) is 9.14. The Hall–Kier alpha value is -6.33. The van der Waals surface area contributed by atoms with E-state index in [-0.39, 0.29) is 0 Å². The van der Waals surface area contributed by atoms with Gasteiger partial charge in [-0.25, -0.2) is 15.0 Å². The fourth-order valence-corrected chi connectivity index (χ4v) is 5.78. The van der Waals surface area contributed by atoms with Crippen LogP contribution in [0, 0.1) is 0 Å². The van der Waals surface area contributed by atoms with Crippen molar-refractivity contribution in [3.8, 4) is 67.7 Å². The zero-order valence-electron chi connectivity index (χ0n) is 24.8. The summed E-state index contributed by atoms with van der Waals surface area (Å²) < 4.78 is 0. The van der Waals surface area contributed by atoms with E-state index in [2.05, 4.69) is 96.0 Å². The molecule has 0 radical (unpaired) electrons. The fourth-order valence-electron chi connectivity index (χ4n) is 5.78. The Morgan fingerprint density at radius 2 is 0.870 bits per heavy atom. The smallest absolute Gasteiger partial charge is 0.164 e. The first-order chi connectivity index (χ1) is 22.8. The summed E-state index contributed by atoms with van der Waals surface area (Å²) in [6.07, 6.45) is 5.53. The van der Waals surface area contributed by atoms with Crippen LogP contribution in [0.25, 0.3) is 78.4 Å². The van der Waals surface area contributed by atoms with Crippen molar-refractivity contribution >= 4 is 10.8 Å². The monoisotopic (exact) mass is 589 g/mol. The molecule has 0 aliphatic heterocycles. The second-order valence-electron chi connectivity index (χ2n) is 11.0. The molecular weight excluding hydrogens is 562 g/mol. The van der Waals surface area contributed by atoms with Gasteiger partial charge in [-0.05, 0) is 45.7 Å². The standard InChI is InChI=1S/C41H27N5/c1-3-10-28(11-4-1)29-19-21-31(22-20-29)40-44-39(30-12-5-2-6-13-30)45-41(46-40)37-18-8-16-35-34(15-7-17-36(35)37)32-23-24-38(43-27-32)33-14-9-25-42-26-33/h1-27H. The Morgan fingerprint density at radius 3 is 1.52 bits per heavy atom. The van der Waals surface area contributed by atoms with Crippen molar-refractivity contribution in [1.82, 2.24) is 24.9 Å². The number of nitrogens with zero attached hydrogens (tertiary/aromatic N) is 5. The van der Waals surface area contributed by atoms with E-state index in [1.165, 1.54) is 5.56 Å². The molecule has 5 aromatic carbocycles. The third kappa shape index (κ3) is 5.31. The normalized spacial score (nSPS) is 11.0. The Morgan fingerprint density at radius 1 is 0.326 bits per heavy atom. The molecule has 0 aliphatic rings. The third-order valence-electron chi connectivity index (χ3n) is 8.11. The lowest BCUT2D eigenvalue weighted by Crippen LogP contribution is -2.00. The van der Waals surface area contributed by atoms with E-state index in [0.717, 1.165) is 55.4 Å². The van der Waals surface area contributed by atoms with Crippen LogP contribution in [0.15, 0.2) is 164 Å². The molecule has 0 N–H and O–H groups in total. The number of hydrogen-bond acceptors (Lipinski definition) is 5. The van der Waals surface area contributed by atoms with Crippen LogP contribution in [0.5, 0.6) is 0 Å². The quantitative estimate of drug-likeness (QED) is 0.193. The summed E-state index contributed by atoms with van der Waals surface area (Å²) in [6, 6.07) is 49.6. The molecule has 8 aromatic rings. The summed E-state index contributed by atoms with van der Waals surface area (Å²) in [6.45, 7) is 0. The maximum Gasteiger partial charge on any atom is 0.164 e. The minimum Gasteiger partial charge on any atom is -0.264 e. The highest BCUT2D eigenvalue weighted by Gasteiger charge is 2.16. The number of aromatic nitrogens is 5. The molecule has 5 heteroatoms. The molecule has 8 rings (SSSR count). The molecule has 0 amide bonds. The van der Waals surface area contributed by atoms with E-state index in [9.17, 15) is 0 Å². The Kier molecular flexibility index (Phi) is 7.09. The van der Waals surface area contributed by atoms with Crippen LogP contribution in [0.2, 0.25) is 0 Å². The van der Waals surface area contributed by atoms with E-state index in [0.29, 0.717) is 17.5 Å². The Labute approximate surface area is 267 Å². The molecule has 46 heavy (non-hydrogen) atoms. The van der Waals surface area contributed by atoms with Crippen molar-refractivity contribution in [2.75, 3.05) is 0 Å². The van der Waals surface area contributed by atoms with Crippen LogP contribution < -0.4 is 0 Å². The van der Waals surface area contributed by atoms with Gasteiger partial charge in [-0.2, -0.15) is 0 Å². The largest absolute Gasteiger partial charge is 0.264 e. The van der Waals surface area contributed by atoms with Crippen LogP contribution in [0.1, 0.15) is 0 Å². The average Bonchev–Trinajstić information content (AvgIpc) is 3.15. The Balaban J connectivity index is 1.23. The van der Waals surface area contributed by atoms with E-state index >= 15 is 0 Å². The summed E-state index contributed by atoms with van der Waals surface area (Å²) >= 11 is 0. The molecule has 0 spiro atoms. The fraction of sp³-hybridized carbons (Fsp3) is 0. The van der Waals surface area contributed by atoms with Gasteiger partial charge in [0.15, 0.2) is 17.5 Å². The zero-order valence-corrected chi connectivity index (χ0v) is 24.8. The van der Waals surface area contributed by atoms with Crippen LogP contribution in [0.3, 0.4) is 0 Å². The molecule has 3 aromatic heterocycles. The van der Waals surface area contributed by atoms with Crippen LogP contribution in [-0.4, -0.2) is 24.9 Å². The van der Waals surface area contributed by atoms with Crippen molar-refractivity contribution in [3.63, 3.8) is 0 Å². The number of benzene rings is 5. The SMILES string of the molecule is c1ccc(-c2ccc(-c3nc(-c4ccccc4)nc(-c4cccc5c(-c6ccc(-c7cccnc7)nc6)cccc45)n3)cc2)cc1. The predicted octanol–water partition coefficient (Wildman–Crippen LogP) is 9.82. The van der Waals surface area contributed by atoms with Gasteiger partial charge in [0.2, 0.25) is 0 Å². The highest BCUT2D eigenvalue weighted by atomic mass is 15.0. The first kappa shape index (κ1) is 27.2. The lowest BCUT2D eigenvalue weighted by molar-refractivity contribution is 1.08. The van der Waals surface area contributed by atoms with E-state index in [1.54, 1.807) is 6.20 Å². The van der Waals surface area contributed by atoms with Crippen LogP contribution >= 0.6 is 0 Å². The molecule has 5 nitrogen and oxygen atoms in total. The van der Waals surface area contributed by atoms with Gasteiger partial charge in [-0.15, -0.1) is 0 Å². The first-order valence-electron chi connectivity index (χ1n) is 15.2. The third-order valence-corrected chi connectivity index (χ3v) is 8.11. The molecule has 0 saturated heterocycles. The minimum absolute atomic E-state index is 0.629. The highest BCUT2D eigenvalue weighted by molar-refractivity contribution is 6.03. The van der Waals surface area contributed by atoms with Gasteiger partial charge in [0, 0.05) is 46.4 Å². The summed E-state index contributed by atoms with van der Waals surface area (Å²) in [5, 5.41) is 2.17. The average molecular weight is 590 g/mol. The molecule has 216 valence electrons. The molecular formula is C41H27N5. The molecule has 0 fully saturated rings. The lowest BCUT2D eigenvalue weighted by Gasteiger charge is -2.13. The summed E-state index contributed by atoms with van der Waals surface area (Å²) in [4.78, 5) is 24.0. The second-order valence-corrected chi connectivity index (χ2v) is 11.0. The maximum absolute atomic E-state index is 5.06. The second kappa shape index (κ2) is 12.0. The van der Waals surface area contributed by atoms with Gasteiger partial charge in [-0.3, -0.25) is 9.97 Å². The first-order valence-corrected chi connectivity index (χ1v) is 15.2. The number of rotatable bonds is 6. The number of fused-ring (bicyclic) bond motifs is 1. The molecule has 0 bridgehead atoms. The molecule has 0 aliphatic carbocycles. The summed E-state index contributed by atoms with van der Waals surface area (Å²) in [5.74, 6) is 1.90. The number of hydrogen-bond donors (Lipinski definition) is 0. The van der Waals surface area contributed by atoms with Crippen molar-refractivity contribution < 1.29 is 0 Å². The van der Waals surface area contributed by atoms with Crippen molar-refractivity contribution in [3.05, 3.63) is 164 Å². The summed E-state index contributed by atoms with van der Waals surface area (Å²) in [7, 11) is 0. The van der Waals surface area contributed by atoms with Crippen LogP contribution in [-0.2, 0) is 0 Å². The van der Waals surface area contributed by atoms with Gasteiger partial charge >= 0.3 is 0 Å². The van der Waals surface area contributed by atoms with Crippen LogP contribution in [0.4, 0.5) is 0 Å². The van der Waals surface area contributed by atoms with E-state index < -0.39 is 0 Å². The van der Waals surface area contributed by atoms with Gasteiger partial charge in [0.05, 0.1) is 5.69 Å². The zero-order chi connectivity index (χ0) is 30.7. The van der Waals surface area contributed by atoms with Crippen molar-refractivity contribution in [1.29, 1.82) is 0 Å². The topological polar surface area (TPSA) is 64.5 Å². The van der Waals surface area contributed by atoms with Gasteiger partial charge < -0.3 is 0 Å². The Bertz CT molecular complexity index is 2270. The highest BCUT2D eigenvalue weighted by Crippen LogP contribution is 2.35. The van der Waals surface area contributed by atoms with Gasteiger partial charge in [0.25, 0.3) is 0 Å². The van der Waals surface area contributed by atoms with Gasteiger partial charge in [0.1, 0.15) is 0 Å². The molecule has 0 unspecified atom stereocenters. The predicted molar refractivity (Wildman–Crippen MR) is 186 cm³/mol. The molecule has 0 atom stereocenters. The van der Waals surface area contributed by atoms with Crippen molar-refractivity contribution in [2.24, 2.45) is 0 Å². The van der Waals surface area contributed by atoms with Crippen molar-refractivity contribution in [2.45, 2.75) is 0 Å². The van der Waals surface area contributed by atoms with E-state index in [1.807, 2.05) is 67.0 Å². The van der Waals surface area contributed by atoms with E-state index in [4.69, 9.17) is 19.9 Å². The molecule has 3 heterocycles. The lowest BCUT2D eigenvalue weighted by atomic mass is 9.96.